The van der Waals surface area contributed by atoms with Gasteiger partial charge in [0.1, 0.15) is 0 Å². The zero-order chi connectivity index (χ0) is 6.08. The van der Waals surface area contributed by atoms with Crippen LogP contribution in [0.5, 0.6) is 0 Å². The van der Waals surface area contributed by atoms with E-state index in [4.69, 9.17) is 5.73 Å². The Morgan fingerprint density at radius 3 is 1.71 bits per heavy atom. The van der Waals surface area contributed by atoms with Gasteiger partial charge in [0, 0.05) is 0 Å². The molecule has 0 aliphatic rings. The lowest BCUT2D eigenvalue weighted by atomic mass is 10.4. The predicted molar refractivity (Wildman–Crippen MR) is 38.9 cm³/mol. The van der Waals surface area contributed by atoms with Crippen LogP contribution in [0, 0.1) is 0 Å². The quantitative estimate of drug-likeness (QED) is 0.512. The van der Waals surface area contributed by atoms with Crippen LogP contribution in [0.25, 0.3) is 0 Å². The maximum Gasteiger partial charge on any atom is 0.0506 e. The van der Waals surface area contributed by atoms with Gasteiger partial charge in [-0.05, 0) is 20.1 Å². The number of nitrogens with two attached hydrogens (primary N) is 1. The van der Waals surface area contributed by atoms with Crippen LogP contribution in [0.3, 0.4) is 0 Å². The zero-order valence-corrected chi connectivity index (χ0v) is 6.01. The molecular weight excluding hydrogens is 106 g/mol. The summed E-state index contributed by atoms with van der Waals surface area (Å²) in [4.78, 5) is -0.0833. The van der Waals surface area contributed by atoms with Gasteiger partial charge >= 0.3 is 0 Å². The highest BCUT2D eigenvalue weighted by Crippen LogP contribution is 2.19. The molecule has 2 N–H and O–H groups in total. The van der Waals surface area contributed by atoms with E-state index >= 15 is 0 Å². The SMILES string of the molecule is C=S(C)C(C)(C)N. The summed E-state index contributed by atoms with van der Waals surface area (Å²) in [6.07, 6.45) is 2.04. The van der Waals surface area contributed by atoms with Gasteiger partial charge in [-0.15, -0.1) is 0 Å². The Balaban J connectivity index is 3.79. The summed E-state index contributed by atoms with van der Waals surface area (Å²) in [5, 5.41) is 0. The Morgan fingerprint density at radius 2 is 1.71 bits per heavy atom. The van der Waals surface area contributed by atoms with Gasteiger partial charge in [0.05, 0.1) is 4.87 Å². The molecule has 1 unspecified atom stereocenters. The molecule has 44 valence electrons. The van der Waals surface area contributed by atoms with Crippen molar-refractivity contribution in [1.82, 2.24) is 0 Å². The minimum atomic E-state index is -0.0833. The van der Waals surface area contributed by atoms with Gasteiger partial charge in [-0.3, -0.25) is 0 Å². The third-order valence-electron chi connectivity index (χ3n) is 0.898. The molecule has 0 saturated carbocycles. The van der Waals surface area contributed by atoms with Crippen molar-refractivity contribution in [3.63, 3.8) is 0 Å². The van der Waals surface area contributed by atoms with Crippen LogP contribution in [0.4, 0.5) is 0 Å². The minimum absolute atomic E-state index is 0.0833. The van der Waals surface area contributed by atoms with E-state index in [0.29, 0.717) is 0 Å². The van der Waals surface area contributed by atoms with Crippen molar-refractivity contribution in [3.05, 3.63) is 0 Å². The standard InChI is InChI=1S/C5H13NS/c1-5(2,6)7(3)4/h3,6H2,1-2,4H3. The van der Waals surface area contributed by atoms with Crippen molar-refractivity contribution in [2.24, 2.45) is 5.73 Å². The highest BCUT2D eigenvalue weighted by Gasteiger charge is 2.07. The van der Waals surface area contributed by atoms with Gasteiger partial charge in [-0.1, -0.05) is 5.87 Å². The Labute approximate surface area is 47.8 Å². The molecule has 2 heteroatoms. The number of rotatable bonds is 1. The van der Waals surface area contributed by atoms with Gasteiger partial charge in [0.25, 0.3) is 0 Å². The third kappa shape index (κ3) is 2.83. The topological polar surface area (TPSA) is 26.0 Å². The first kappa shape index (κ1) is 7.18. The smallest absolute Gasteiger partial charge is 0.0506 e. The summed E-state index contributed by atoms with van der Waals surface area (Å²) in [6, 6.07) is 0. The number of hydrogen-bond donors (Lipinski definition) is 1. The normalized spacial score (nSPS) is 16.6. The fraction of sp³-hybridized carbons (Fsp3) is 0.800. The van der Waals surface area contributed by atoms with E-state index in [2.05, 4.69) is 5.87 Å². The summed E-state index contributed by atoms with van der Waals surface area (Å²) < 4.78 is 0. The van der Waals surface area contributed by atoms with E-state index in [-0.39, 0.29) is 15.4 Å². The van der Waals surface area contributed by atoms with E-state index in [9.17, 15) is 0 Å². The maximum absolute atomic E-state index is 5.63. The van der Waals surface area contributed by atoms with Gasteiger partial charge < -0.3 is 5.73 Å². The highest BCUT2D eigenvalue weighted by atomic mass is 32.2. The van der Waals surface area contributed by atoms with E-state index in [1.54, 1.807) is 0 Å². The second-order valence-electron chi connectivity index (χ2n) is 2.24. The summed E-state index contributed by atoms with van der Waals surface area (Å²) >= 11 is 0. The molecule has 1 nitrogen and oxygen atoms in total. The summed E-state index contributed by atoms with van der Waals surface area (Å²) in [5.41, 5.74) is 5.63. The molecule has 0 saturated heterocycles. The Kier molecular flexibility index (Phi) is 2.02. The molecule has 0 aliphatic heterocycles. The van der Waals surface area contributed by atoms with E-state index in [1.807, 2.05) is 20.1 Å². The molecule has 0 rings (SSSR count). The molecule has 0 aromatic carbocycles. The van der Waals surface area contributed by atoms with Crippen LogP contribution in [0.15, 0.2) is 0 Å². The molecule has 0 fully saturated rings. The van der Waals surface area contributed by atoms with Gasteiger partial charge in [-0.2, -0.15) is 10.5 Å². The second kappa shape index (κ2) is 1.97. The maximum atomic E-state index is 5.63. The Hall–Kier alpha value is 0.180. The molecule has 0 aromatic heterocycles. The lowest BCUT2D eigenvalue weighted by Gasteiger charge is -2.18. The van der Waals surface area contributed by atoms with Crippen LogP contribution in [0.1, 0.15) is 13.8 Å². The molecule has 0 bridgehead atoms. The molecule has 0 heterocycles. The molecule has 1 atom stereocenters. The first-order valence-corrected chi connectivity index (χ1v) is 3.99. The van der Waals surface area contributed by atoms with Crippen LogP contribution in [-0.4, -0.2) is 17.0 Å². The van der Waals surface area contributed by atoms with Crippen molar-refractivity contribution in [2.45, 2.75) is 18.7 Å². The van der Waals surface area contributed by atoms with Crippen LogP contribution in [-0.2, 0) is 0 Å². The number of hydrogen-bond acceptors (Lipinski definition) is 1. The first-order chi connectivity index (χ1) is 2.94. The Morgan fingerprint density at radius 1 is 1.57 bits per heavy atom. The van der Waals surface area contributed by atoms with Crippen LogP contribution >= 0.6 is 10.5 Å². The molecule has 0 radical (unpaired) electrons. The van der Waals surface area contributed by atoms with Crippen LogP contribution in [0.2, 0.25) is 0 Å². The van der Waals surface area contributed by atoms with E-state index in [0.717, 1.165) is 0 Å². The fourth-order valence-corrected chi connectivity index (χ4v) is 0. The molecule has 0 aliphatic carbocycles. The zero-order valence-electron chi connectivity index (χ0n) is 5.19. The molecular formula is C5H13NS. The summed E-state index contributed by atoms with van der Waals surface area (Å²) in [5.74, 6) is 3.81. The van der Waals surface area contributed by atoms with Crippen molar-refractivity contribution in [1.29, 1.82) is 0 Å². The monoisotopic (exact) mass is 119 g/mol. The van der Waals surface area contributed by atoms with Crippen molar-refractivity contribution in [3.8, 4) is 0 Å². The van der Waals surface area contributed by atoms with E-state index in [1.165, 1.54) is 0 Å². The molecule has 7 heavy (non-hydrogen) atoms. The van der Waals surface area contributed by atoms with Crippen molar-refractivity contribution in [2.75, 3.05) is 6.26 Å². The molecule has 0 aromatic rings. The van der Waals surface area contributed by atoms with Gasteiger partial charge in [-0.25, -0.2) is 0 Å². The summed E-state index contributed by atoms with van der Waals surface area (Å²) in [6.45, 7) is 3.98. The van der Waals surface area contributed by atoms with Gasteiger partial charge in [0.15, 0.2) is 0 Å². The van der Waals surface area contributed by atoms with Crippen LogP contribution < -0.4 is 5.73 Å². The average molecular weight is 119 g/mol. The largest absolute Gasteiger partial charge is 0.318 e. The first-order valence-electron chi connectivity index (χ1n) is 2.19. The van der Waals surface area contributed by atoms with E-state index < -0.39 is 0 Å². The lowest BCUT2D eigenvalue weighted by Crippen LogP contribution is -2.28. The highest BCUT2D eigenvalue weighted by molar-refractivity contribution is 8.14. The minimum Gasteiger partial charge on any atom is -0.318 e. The van der Waals surface area contributed by atoms with Crippen molar-refractivity contribution >= 4 is 16.4 Å². The van der Waals surface area contributed by atoms with Crippen molar-refractivity contribution < 1.29 is 0 Å². The third-order valence-corrected chi connectivity index (χ3v) is 2.69. The average Bonchev–Trinajstić information content (AvgIpc) is 1.31. The molecule has 0 amide bonds. The Bertz CT molecular complexity index is 80.6. The lowest BCUT2D eigenvalue weighted by molar-refractivity contribution is 0.760. The second-order valence-corrected chi connectivity index (χ2v) is 4.57. The fourth-order valence-electron chi connectivity index (χ4n) is 0. The molecule has 0 spiro atoms. The summed E-state index contributed by atoms with van der Waals surface area (Å²) in [7, 11) is 0.0949. The van der Waals surface area contributed by atoms with Gasteiger partial charge in [0.2, 0.25) is 0 Å². The predicted octanol–water partition coefficient (Wildman–Crippen LogP) is 1.01.